The van der Waals surface area contributed by atoms with Gasteiger partial charge in [-0.1, -0.05) is 24.3 Å². The monoisotopic (exact) mass is 396 g/mol. The fraction of sp³-hybridized carbons (Fsp3) is 0.217. The van der Waals surface area contributed by atoms with Crippen molar-refractivity contribution >= 4 is 24.1 Å². The number of carbonyl (C=O) groups is 2. The summed E-state index contributed by atoms with van der Waals surface area (Å²) in [5.41, 5.74) is 1.66. The molecular weight excluding hydrogens is 372 g/mol. The molecule has 0 atom stereocenters. The molecule has 6 nitrogen and oxygen atoms in total. The van der Waals surface area contributed by atoms with Crippen LogP contribution in [-0.2, 0) is 19.1 Å². The Kier molecular flexibility index (Phi) is 9.02. The maximum Gasteiger partial charge on any atom is 0.330 e. The molecule has 2 aromatic rings. The Morgan fingerprint density at radius 2 is 1.21 bits per heavy atom. The van der Waals surface area contributed by atoms with Gasteiger partial charge in [0, 0.05) is 18.6 Å². The zero-order valence-corrected chi connectivity index (χ0v) is 16.5. The van der Waals surface area contributed by atoms with E-state index in [-0.39, 0.29) is 13.2 Å². The van der Waals surface area contributed by atoms with Crippen LogP contribution in [0.1, 0.15) is 17.5 Å². The third kappa shape index (κ3) is 8.34. The molecule has 0 heterocycles. The number of hydrogen-bond donors (Lipinski definition) is 0. The Morgan fingerprint density at radius 1 is 0.759 bits per heavy atom. The molecule has 0 amide bonds. The first kappa shape index (κ1) is 21.8. The SMILES string of the molecule is COc1cccc(/C=C/C(=O)OCCCOC(=O)/C=C/c2cccc(OC)c2)c1. The third-order valence-electron chi connectivity index (χ3n) is 3.79. The van der Waals surface area contributed by atoms with Crippen LogP contribution in [0.4, 0.5) is 0 Å². The highest BCUT2D eigenvalue weighted by atomic mass is 16.5. The average Bonchev–Trinajstić information content (AvgIpc) is 2.76. The lowest BCUT2D eigenvalue weighted by Crippen LogP contribution is -2.08. The largest absolute Gasteiger partial charge is 0.497 e. The molecule has 2 aromatic carbocycles. The first-order valence-corrected chi connectivity index (χ1v) is 9.08. The topological polar surface area (TPSA) is 71.1 Å². The summed E-state index contributed by atoms with van der Waals surface area (Å²) in [6, 6.07) is 14.6. The van der Waals surface area contributed by atoms with Gasteiger partial charge in [0.2, 0.25) is 0 Å². The third-order valence-corrected chi connectivity index (χ3v) is 3.79. The zero-order chi connectivity index (χ0) is 20.9. The maximum atomic E-state index is 11.7. The number of esters is 2. The van der Waals surface area contributed by atoms with Crippen LogP contribution in [0.25, 0.3) is 12.2 Å². The molecule has 0 aromatic heterocycles. The van der Waals surface area contributed by atoms with E-state index in [2.05, 4.69) is 0 Å². The van der Waals surface area contributed by atoms with Crippen molar-refractivity contribution in [1.29, 1.82) is 0 Å². The van der Waals surface area contributed by atoms with Gasteiger partial charge in [0.1, 0.15) is 11.5 Å². The lowest BCUT2D eigenvalue weighted by Gasteiger charge is -2.03. The molecule has 0 aliphatic rings. The fourth-order valence-corrected chi connectivity index (χ4v) is 2.32. The Bertz CT molecular complexity index is 798. The molecular formula is C23H24O6. The second-order valence-corrected chi connectivity index (χ2v) is 5.91. The van der Waals surface area contributed by atoms with Crippen molar-refractivity contribution in [2.75, 3.05) is 27.4 Å². The van der Waals surface area contributed by atoms with Crippen LogP contribution in [0.15, 0.2) is 60.7 Å². The highest BCUT2D eigenvalue weighted by Gasteiger charge is 2.01. The molecule has 0 aliphatic heterocycles. The Labute approximate surface area is 170 Å². The normalized spacial score (nSPS) is 10.8. The number of methoxy groups -OCH3 is 2. The molecule has 0 N–H and O–H groups in total. The molecule has 29 heavy (non-hydrogen) atoms. The van der Waals surface area contributed by atoms with E-state index in [0.29, 0.717) is 17.9 Å². The van der Waals surface area contributed by atoms with Crippen LogP contribution >= 0.6 is 0 Å². The van der Waals surface area contributed by atoms with Gasteiger partial charge < -0.3 is 18.9 Å². The van der Waals surface area contributed by atoms with Gasteiger partial charge in [0.15, 0.2) is 0 Å². The molecule has 152 valence electrons. The Morgan fingerprint density at radius 3 is 1.62 bits per heavy atom. The van der Waals surface area contributed by atoms with Crippen molar-refractivity contribution in [1.82, 2.24) is 0 Å². The van der Waals surface area contributed by atoms with Gasteiger partial charge in [-0.15, -0.1) is 0 Å². The molecule has 6 heteroatoms. The predicted octanol–water partition coefficient (Wildman–Crippen LogP) is 3.91. The van der Waals surface area contributed by atoms with Gasteiger partial charge in [0.25, 0.3) is 0 Å². The highest BCUT2D eigenvalue weighted by molar-refractivity contribution is 5.87. The molecule has 0 aliphatic carbocycles. The second kappa shape index (κ2) is 12.0. The van der Waals surface area contributed by atoms with Gasteiger partial charge in [-0.25, -0.2) is 9.59 Å². The van der Waals surface area contributed by atoms with E-state index in [0.717, 1.165) is 11.1 Å². The van der Waals surface area contributed by atoms with Crippen LogP contribution < -0.4 is 9.47 Å². The molecule has 0 fully saturated rings. The first-order valence-electron chi connectivity index (χ1n) is 9.08. The van der Waals surface area contributed by atoms with E-state index in [1.807, 2.05) is 48.5 Å². The summed E-state index contributed by atoms with van der Waals surface area (Å²) in [6.07, 6.45) is 6.40. The van der Waals surface area contributed by atoms with Crippen LogP contribution in [0.3, 0.4) is 0 Å². The van der Waals surface area contributed by atoms with Crippen molar-refractivity contribution in [2.24, 2.45) is 0 Å². The summed E-state index contributed by atoms with van der Waals surface area (Å²) in [5.74, 6) is 0.500. The summed E-state index contributed by atoms with van der Waals surface area (Å²) in [7, 11) is 3.16. The molecule has 0 bridgehead atoms. The quantitative estimate of drug-likeness (QED) is 0.345. The van der Waals surface area contributed by atoms with Crippen molar-refractivity contribution in [3.05, 3.63) is 71.8 Å². The van der Waals surface area contributed by atoms with Crippen LogP contribution in [0.2, 0.25) is 0 Å². The molecule has 0 saturated carbocycles. The summed E-state index contributed by atoms with van der Waals surface area (Å²) in [4.78, 5) is 23.4. The molecule has 0 spiro atoms. The van der Waals surface area contributed by atoms with Crippen molar-refractivity contribution in [3.8, 4) is 11.5 Å². The van der Waals surface area contributed by atoms with E-state index in [1.165, 1.54) is 12.2 Å². The minimum Gasteiger partial charge on any atom is -0.497 e. The predicted molar refractivity (Wildman–Crippen MR) is 111 cm³/mol. The minimum atomic E-state index is -0.461. The standard InChI is InChI=1S/C23H24O6/c1-26-20-8-3-6-18(16-20)10-12-22(24)28-14-5-15-29-23(25)13-11-19-7-4-9-21(17-19)27-2/h3-4,6-13,16-17H,5,14-15H2,1-2H3/b12-10+,13-11+. The zero-order valence-electron chi connectivity index (χ0n) is 16.5. The number of benzene rings is 2. The van der Waals surface area contributed by atoms with E-state index in [4.69, 9.17) is 18.9 Å². The fourth-order valence-electron chi connectivity index (χ4n) is 2.32. The lowest BCUT2D eigenvalue weighted by molar-refractivity contribution is -0.140. The lowest BCUT2D eigenvalue weighted by atomic mass is 10.2. The van der Waals surface area contributed by atoms with Crippen molar-refractivity contribution < 1.29 is 28.5 Å². The van der Waals surface area contributed by atoms with Gasteiger partial charge in [-0.2, -0.15) is 0 Å². The number of ether oxygens (including phenoxy) is 4. The first-order chi connectivity index (χ1) is 14.1. The maximum absolute atomic E-state index is 11.7. The van der Waals surface area contributed by atoms with E-state index >= 15 is 0 Å². The second-order valence-electron chi connectivity index (χ2n) is 5.91. The van der Waals surface area contributed by atoms with E-state index in [9.17, 15) is 9.59 Å². The summed E-state index contributed by atoms with van der Waals surface area (Å²) < 4.78 is 20.4. The average molecular weight is 396 g/mol. The smallest absolute Gasteiger partial charge is 0.330 e. The number of carbonyl (C=O) groups excluding carboxylic acids is 2. The van der Waals surface area contributed by atoms with Gasteiger partial charge in [-0.3, -0.25) is 0 Å². The van der Waals surface area contributed by atoms with E-state index in [1.54, 1.807) is 26.4 Å². The Balaban J connectivity index is 1.64. The number of hydrogen-bond acceptors (Lipinski definition) is 6. The molecule has 0 saturated heterocycles. The van der Waals surface area contributed by atoms with Crippen molar-refractivity contribution in [2.45, 2.75) is 6.42 Å². The molecule has 0 unspecified atom stereocenters. The van der Waals surface area contributed by atoms with Gasteiger partial charge in [0.05, 0.1) is 27.4 Å². The number of rotatable bonds is 10. The van der Waals surface area contributed by atoms with Crippen molar-refractivity contribution in [3.63, 3.8) is 0 Å². The highest BCUT2D eigenvalue weighted by Crippen LogP contribution is 2.14. The minimum absolute atomic E-state index is 0.161. The molecule has 0 radical (unpaired) electrons. The van der Waals surface area contributed by atoms with Gasteiger partial charge in [-0.05, 0) is 47.5 Å². The van der Waals surface area contributed by atoms with E-state index < -0.39 is 11.9 Å². The summed E-state index contributed by atoms with van der Waals surface area (Å²) in [6.45, 7) is 0.322. The van der Waals surface area contributed by atoms with Crippen LogP contribution in [-0.4, -0.2) is 39.4 Å². The van der Waals surface area contributed by atoms with Crippen LogP contribution in [0.5, 0.6) is 11.5 Å². The Hall–Kier alpha value is -3.54. The van der Waals surface area contributed by atoms with Gasteiger partial charge >= 0.3 is 11.9 Å². The van der Waals surface area contributed by atoms with Crippen LogP contribution in [0, 0.1) is 0 Å². The summed E-state index contributed by atoms with van der Waals surface area (Å²) >= 11 is 0. The molecule has 2 rings (SSSR count). The summed E-state index contributed by atoms with van der Waals surface area (Å²) in [5, 5.41) is 0.